The molecule has 1 N–H and O–H groups in total. The van der Waals surface area contributed by atoms with E-state index in [1.807, 2.05) is 0 Å². The number of nitrogens with zero attached hydrogens (tertiary/aromatic N) is 2. The summed E-state index contributed by atoms with van der Waals surface area (Å²) in [6.45, 7) is 0. The molecule has 0 aromatic carbocycles. The van der Waals surface area contributed by atoms with E-state index < -0.39 is 14.1 Å². The number of nitrogens with one attached hydrogen (secondary N) is 1. The van der Waals surface area contributed by atoms with Crippen molar-refractivity contribution in [3.8, 4) is 0 Å². The van der Waals surface area contributed by atoms with Gasteiger partial charge in [-0.2, -0.15) is 5.12 Å². The van der Waals surface area contributed by atoms with Gasteiger partial charge in [-0.15, -0.1) is 28.1 Å². The molecule has 3 aliphatic carbocycles. The van der Waals surface area contributed by atoms with Gasteiger partial charge >= 0.3 is 0 Å². The van der Waals surface area contributed by atoms with Gasteiger partial charge in [0.1, 0.15) is 9.75 Å². The minimum atomic E-state index is -1.55. The Labute approximate surface area is 144 Å². The highest BCUT2D eigenvalue weighted by molar-refractivity contribution is 6.65. The fourth-order valence-corrected chi connectivity index (χ4v) is 7.50. The molecule has 4 aliphatic rings. The fraction of sp³-hybridized carbons (Fsp3) is 0.800. The van der Waals surface area contributed by atoms with Crippen molar-refractivity contribution in [2.75, 3.05) is 0 Å². The molecule has 0 aromatic rings. The smallest absolute Gasteiger partial charge is 0.166 e. The Hall–Kier alpha value is 0.840. The highest BCUT2D eigenvalue weighted by atomic mass is 35.5. The number of hydrazine groups is 1. The molecule has 10 heteroatoms. The first-order valence-electron chi connectivity index (χ1n) is 5.93. The van der Waals surface area contributed by atoms with E-state index in [-0.39, 0.29) is 34.0 Å². The standard InChI is InChI=1S/C10H7Cl6N3O/c11-6-7(12)9(14)5-3-1-2(17-19(3)18-20)4(5)8(6,13)10(9,15)16/h2-5,17H,1H2. The first-order chi connectivity index (χ1) is 9.22. The molecule has 20 heavy (non-hydrogen) atoms. The molecule has 2 saturated carbocycles. The van der Waals surface area contributed by atoms with Gasteiger partial charge in [0, 0.05) is 17.9 Å². The minimum Gasteiger partial charge on any atom is -0.211 e. The summed E-state index contributed by atoms with van der Waals surface area (Å²) in [5, 5.41) is 4.56. The molecule has 6 atom stereocenters. The highest BCUT2D eigenvalue weighted by Gasteiger charge is 2.87. The lowest BCUT2D eigenvalue weighted by Gasteiger charge is -2.41. The van der Waals surface area contributed by atoms with Gasteiger partial charge in [0.05, 0.1) is 21.4 Å². The molecule has 0 spiro atoms. The van der Waals surface area contributed by atoms with Gasteiger partial charge < -0.3 is 0 Å². The maximum atomic E-state index is 10.9. The molecule has 1 aliphatic heterocycles. The Morgan fingerprint density at radius 3 is 2.20 bits per heavy atom. The SMILES string of the molecule is O=NN1NC2CC1C1C2C2(Cl)C(Cl)=C(Cl)C1(Cl)C2(Cl)Cl. The maximum Gasteiger partial charge on any atom is 0.166 e. The van der Waals surface area contributed by atoms with Crippen LogP contribution in [-0.2, 0) is 0 Å². The largest absolute Gasteiger partial charge is 0.211 e. The van der Waals surface area contributed by atoms with Crippen molar-refractivity contribution in [1.29, 1.82) is 0 Å². The third kappa shape index (κ3) is 1.13. The summed E-state index contributed by atoms with van der Waals surface area (Å²) >= 11 is 39.0. The lowest BCUT2D eigenvalue weighted by molar-refractivity contribution is 0.0628. The number of halogens is 6. The quantitative estimate of drug-likeness (QED) is 0.417. The Bertz CT molecular complexity index is 569. The predicted octanol–water partition coefficient (Wildman–Crippen LogP) is 3.71. The van der Waals surface area contributed by atoms with Gasteiger partial charge in [-0.05, 0) is 6.42 Å². The van der Waals surface area contributed by atoms with Crippen LogP contribution in [0, 0.1) is 16.7 Å². The number of hydrogen-bond acceptors (Lipinski definition) is 3. The molecule has 0 aromatic heterocycles. The second-order valence-corrected chi connectivity index (χ2v) is 8.92. The molecular formula is C10H7Cl6N3O. The Morgan fingerprint density at radius 1 is 1.10 bits per heavy atom. The third-order valence-electron chi connectivity index (χ3n) is 5.09. The summed E-state index contributed by atoms with van der Waals surface area (Å²) < 4.78 is -1.55. The van der Waals surface area contributed by atoms with Crippen molar-refractivity contribution >= 4 is 69.6 Å². The van der Waals surface area contributed by atoms with Crippen LogP contribution in [0.15, 0.2) is 15.4 Å². The van der Waals surface area contributed by atoms with E-state index in [4.69, 9.17) is 69.6 Å². The molecule has 110 valence electrons. The molecule has 4 bridgehead atoms. The summed E-state index contributed by atoms with van der Waals surface area (Å²) in [5.41, 5.74) is 2.98. The van der Waals surface area contributed by atoms with E-state index in [0.29, 0.717) is 6.42 Å². The minimum absolute atomic E-state index is 0.115. The van der Waals surface area contributed by atoms with Crippen LogP contribution in [0.5, 0.6) is 0 Å². The van der Waals surface area contributed by atoms with Gasteiger partial charge in [0.15, 0.2) is 4.33 Å². The zero-order chi connectivity index (χ0) is 14.7. The highest BCUT2D eigenvalue weighted by Crippen LogP contribution is 2.79. The van der Waals surface area contributed by atoms with E-state index >= 15 is 0 Å². The summed E-state index contributed by atoms with van der Waals surface area (Å²) in [7, 11) is 0. The number of alkyl halides is 4. The van der Waals surface area contributed by atoms with Crippen molar-refractivity contribution in [3.63, 3.8) is 0 Å². The van der Waals surface area contributed by atoms with Crippen LogP contribution < -0.4 is 5.43 Å². The monoisotopic (exact) mass is 395 g/mol. The molecule has 1 saturated heterocycles. The van der Waals surface area contributed by atoms with Crippen LogP contribution in [0.25, 0.3) is 0 Å². The molecule has 3 fully saturated rings. The Balaban J connectivity index is 1.95. The van der Waals surface area contributed by atoms with Crippen molar-refractivity contribution in [1.82, 2.24) is 10.5 Å². The van der Waals surface area contributed by atoms with Gasteiger partial charge in [-0.3, -0.25) is 0 Å². The van der Waals surface area contributed by atoms with Crippen molar-refractivity contribution < 1.29 is 0 Å². The van der Waals surface area contributed by atoms with Crippen LogP contribution in [0.1, 0.15) is 6.42 Å². The molecule has 0 radical (unpaired) electrons. The number of rotatable bonds is 1. The summed E-state index contributed by atoms with van der Waals surface area (Å²) in [4.78, 5) is 8.31. The molecular weight excluding hydrogens is 391 g/mol. The van der Waals surface area contributed by atoms with Gasteiger partial charge in [-0.1, -0.05) is 46.4 Å². The number of fused-ring (bicyclic) bond motifs is 9. The second kappa shape index (κ2) is 3.84. The van der Waals surface area contributed by atoms with Crippen LogP contribution in [0.4, 0.5) is 0 Å². The average molecular weight is 398 g/mol. The fourth-order valence-electron chi connectivity index (χ4n) is 4.39. The van der Waals surface area contributed by atoms with E-state index in [9.17, 15) is 4.91 Å². The topological polar surface area (TPSA) is 44.7 Å². The van der Waals surface area contributed by atoms with E-state index in [1.54, 1.807) is 0 Å². The van der Waals surface area contributed by atoms with Gasteiger partial charge in [0.25, 0.3) is 0 Å². The molecule has 0 amide bonds. The van der Waals surface area contributed by atoms with Crippen LogP contribution in [0.3, 0.4) is 0 Å². The lowest BCUT2D eigenvalue weighted by atomic mass is 9.81. The molecule has 4 nitrogen and oxygen atoms in total. The van der Waals surface area contributed by atoms with E-state index in [1.165, 1.54) is 5.12 Å². The van der Waals surface area contributed by atoms with Crippen LogP contribution >= 0.6 is 69.6 Å². The average Bonchev–Trinajstić information content (AvgIpc) is 3.04. The summed E-state index contributed by atoms with van der Waals surface area (Å²) in [5.74, 6) is -0.509. The second-order valence-electron chi connectivity index (χ2n) is 5.64. The first kappa shape index (κ1) is 14.4. The predicted molar refractivity (Wildman–Crippen MR) is 80.3 cm³/mol. The Kier molecular flexibility index (Phi) is 2.77. The number of nitroso groups, excluding NO2 is 1. The van der Waals surface area contributed by atoms with E-state index in [0.717, 1.165) is 0 Å². The van der Waals surface area contributed by atoms with Crippen molar-refractivity contribution in [3.05, 3.63) is 15.0 Å². The normalized spacial score (nSPS) is 54.8. The zero-order valence-corrected chi connectivity index (χ0v) is 14.1. The van der Waals surface area contributed by atoms with Crippen molar-refractivity contribution in [2.24, 2.45) is 17.1 Å². The Morgan fingerprint density at radius 2 is 1.65 bits per heavy atom. The number of hydrogen-bond donors (Lipinski definition) is 1. The number of allylic oxidation sites excluding steroid dienone is 2. The van der Waals surface area contributed by atoms with Crippen LogP contribution in [-0.4, -0.2) is 31.3 Å². The van der Waals surface area contributed by atoms with Gasteiger partial charge in [0.2, 0.25) is 0 Å². The molecule has 4 rings (SSSR count). The third-order valence-corrected chi connectivity index (χ3v) is 9.39. The van der Waals surface area contributed by atoms with Crippen LogP contribution in [0.2, 0.25) is 0 Å². The summed E-state index contributed by atoms with van der Waals surface area (Å²) in [6, 6.07) is -0.368. The van der Waals surface area contributed by atoms with Gasteiger partial charge in [-0.25, -0.2) is 5.43 Å². The molecule has 1 heterocycles. The maximum absolute atomic E-state index is 10.9. The zero-order valence-electron chi connectivity index (χ0n) is 9.59. The lowest BCUT2D eigenvalue weighted by Crippen LogP contribution is -2.55. The molecule has 6 unspecified atom stereocenters. The van der Waals surface area contributed by atoms with Crippen molar-refractivity contribution in [2.45, 2.75) is 32.6 Å². The van der Waals surface area contributed by atoms with E-state index in [2.05, 4.69) is 10.7 Å². The first-order valence-corrected chi connectivity index (χ1v) is 8.20. The summed E-state index contributed by atoms with van der Waals surface area (Å²) in [6.07, 6.45) is 0.669.